The predicted octanol–water partition coefficient (Wildman–Crippen LogP) is 4.20. The fraction of sp³-hybridized carbons (Fsp3) is 1.00. The van der Waals surface area contributed by atoms with Crippen molar-refractivity contribution in [3.8, 4) is 0 Å². The Morgan fingerprint density at radius 2 is 0.917 bits per heavy atom. The minimum absolute atomic E-state index is 0. The second-order valence-electron chi connectivity index (χ2n) is 8.75. The fourth-order valence-corrected chi connectivity index (χ4v) is 3.20. The molecule has 0 bridgehead atoms. The van der Waals surface area contributed by atoms with Crippen LogP contribution in [0.5, 0.6) is 0 Å². The lowest BCUT2D eigenvalue weighted by atomic mass is 10.0. The zero-order valence-corrected chi connectivity index (χ0v) is 18.5. The second kappa shape index (κ2) is 18.1. The van der Waals surface area contributed by atoms with Crippen molar-refractivity contribution in [1.29, 1.82) is 0 Å². The van der Waals surface area contributed by atoms with Crippen LogP contribution < -0.4 is 12.4 Å². The van der Waals surface area contributed by atoms with Gasteiger partial charge in [-0.2, -0.15) is 0 Å². The maximum atomic E-state index is 2.35. The van der Waals surface area contributed by atoms with Gasteiger partial charge in [0.25, 0.3) is 0 Å². The van der Waals surface area contributed by atoms with Gasteiger partial charge in [0.15, 0.2) is 0 Å². The second-order valence-corrected chi connectivity index (χ2v) is 8.75. The molecular weight excluding hydrogens is 314 g/mol. The van der Waals surface area contributed by atoms with E-state index in [1.807, 2.05) is 0 Å². The summed E-state index contributed by atoms with van der Waals surface area (Å²) in [6, 6.07) is 0. The maximum absolute atomic E-state index is 2.35. The molecule has 0 aromatic carbocycles. The van der Waals surface area contributed by atoms with Gasteiger partial charge >= 0.3 is 0 Å². The first-order valence-electron chi connectivity index (χ1n) is 10.8. The van der Waals surface area contributed by atoms with Crippen LogP contribution in [0.1, 0.15) is 111 Å². The Labute approximate surface area is 161 Å². The third-order valence-corrected chi connectivity index (χ3v) is 5.40. The van der Waals surface area contributed by atoms with Crippen LogP contribution in [0, 0.1) is 5.92 Å². The molecular formula is C22H48ClN. The molecule has 0 aliphatic carbocycles. The molecule has 0 saturated heterocycles. The Bertz CT molecular complexity index is 238. The Balaban J connectivity index is 0. The topological polar surface area (TPSA) is 0 Å². The number of halogens is 1. The highest BCUT2D eigenvalue weighted by molar-refractivity contribution is 4.51. The summed E-state index contributed by atoms with van der Waals surface area (Å²) < 4.78 is 1.19. The molecule has 0 unspecified atom stereocenters. The predicted molar refractivity (Wildman–Crippen MR) is 107 cm³/mol. The number of unbranched alkanes of at least 4 members (excludes halogenated alkanes) is 12. The van der Waals surface area contributed by atoms with Gasteiger partial charge in [-0.05, 0) is 25.7 Å². The van der Waals surface area contributed by atoms with Gasteiger partial charge in [0.05, 0.1) is 27.2 Å². The first kappa shape index (κ1) is 26.5. The van der Waals surface area contributed by atoms with Crippen LogP contribution in [-0.4, -0.2) is 31.7 Å². The normalized spacial score (nSPS) is 11.8. The Kier molecular flexibility index (Phi) is 19.9. The van der Waals surface area contributed by atoms with Crippen LogP contribution in [0.3, 0.4) is 0 Å². The highest BCUT2D eigenvalue weighted by Crippen LogP contribution is 2.14. The monoisotopic (exact) mass is 361 g/mol. The number of nitrogens with zero attached hydrogens (tertiary/aromatic N) is 1. The van der Waals surface area contributed by atoms with E-state index in [4.69, 9.17) is 0 Å². The van der Waals surface area contributed by atoms with Crippen molar-refractivity contribution in [1.82, 2.24) is 0 Å². The van der Waals surface area contributed by atoms with Gasteiger partial charge in [-0.1, -0.05) is 90.9 Å². The number of quaternary nitrogens is 1. The van der Waals surface area contributed by atoms with Crippen molar-refractivity contribution >= 4 is 0 Å². The number of hydrogen-bond donors (Lipinski definition) is 0. The van der Waals surface area contributed by atoms with Crippen LogP contribution in [0.4, 0.5) is 0 Å². The molecule has 0 atom stereocenters. The molecule has 0 aromatic rings. The molecule has 0 spiro atoms. The lowest BCUT2D eigenvalue weighted by molar-refractivity contribution is -0.888. The Morgan fingerprint density at radius 3 is 1.25 bits per heavy atom. The number of rotatable bonds is 17. The molecule has 148 valence electrons. The average molecular weight is 362 g/mol. The maximum Gasteiger partial charge on any atom is 0.0782 e. The van der Waals surface area contributed by atoms with Gasteiger partial charge in [-0.25, -0.2) is 0 Å². The first-order valence-corrected chi connectivity index (χ1v) is 10.8. The smallest absolute Gasteiger partial charge is 0.0782 e. The van der Waals surface area contributed by atoms with Crippen molar-refractivity contribution in [3.63, 3.8) is 0 Å². The van der Waals surface area contributed by atoms with Crippen molar-refractivity contribution in [2.24, 2.45) is 5.92 Å². The van der Waals surface area contributed by atoms with Crippen molar-refractivity contribution in [3.05, 3.63) is 0 Å². The largest absolute Gasteiger partial charge is 1.00 e. The lowest BCUT2D eigenvalue weighted by Crippen LogP contribution is -3.00. The SMILES string of the molecule is CC[N+](C)(C)CCCCCCCCCCCCCCCC(C)C.[Cl-]. The summed E-state index contributed by atoms with van der Waals surface area (Å²) in [6.45, 7) is 9.59. The van der Waals surface area contributed by atoms with Gasteiger partial charge in [0.1, 0.15) is 0 Å². The van der Waals surface area contributed by atoms with Crippen molar-refractivity contribution in [2.75, 3.05) is 27.2 Å². The zero-order valence-electron chi connectivity index (χ0n) is 17.7. The summed E-state index contributed by atoms with van der Waals surface area (Å²) in [5, 5.41) is 0. The summed E-state index contributed by atoms with van der Waals surface area (Å²) in [7, 11) is 4.70. The Morgan fingerprint density at radius 1 is 0.583 bits per heavy atom. The standard InChI is InChI=1S/C22H48N.ClH/c1-6-23(4,5)21-19-17-15-13-11-9-7-8-10-12-14-16-18-20-22(2)3;/h22H,6-21H2,1-5H3;1H/q+1;/p-1. The Hall–Kier alpha value is 0.250. The lowest BCUT2D eigenvalue weighted by Gasteiger charge is -2.28. The molecule has 0 aromatic heterocycles. The molecule has 0 amide bonds. The van der Waals surface area contributed by atoms with Crippen LogP contribution in [0.25, 0.3) is 0 Å². The fourth-order valence-electron chi connectivity index (χ4n) is 3.20. The number of hydrogen-bond acceptors (Lipinski definition) is 0. The minimum atomic E-state index is 0. The van der Waals surface area contributed by atoms with Gasteiger partial charge < -0.3 is 16.9 Å². The van der Waals surface area contributed by atoms with Crippen LogP contribution in [0.15, 0.2) is 0 Å². The van der Waals surface area contributed by atoms with Crippen molar-refractivity contribution in [2.45, 2.75) is 111 Å². The summed E-state index contributed by atoms with van der Waals surface area (Å²) in [5.74, 6) is 0.896. The average Bonchev–Trinajstić information content (AvgIpc) is 2.50. The zero-order chi connectivity index (χ0) is 17.4. The highest BCUT2D eigenvalue weighted by atomic mass is 35.5. The molecule has 0 rings (SSSR count). The van der Waals surface area contributed by atoms with E-state index in [1.165, 1.54) is 107 Å². The summed E-state index contributed by atoms with van der Waals surface area (Å²) >= 11 is 0. The van der Waals surface area contributed by atoms with E-state index in [-0.39, 0.29) is 12.4 Å². The molecule has 1 nitrogen and oxygen atoms in total. The summed E-state index contributed by atoms with van der Waals surface area (Å²) in [4.78, 5) is 0. The van der Waals surface area contributed by atoms with Gasteiger partial charge in [0.2, 0.25) is 0 Å². The molecule has 24 heavy (non-hydrogen) atoms. The van der Waals surface area contributed by atoms with Crippen LogP contribution >= 0.6 is 0 Å². The van der Waals surface area contributed by atoms with E-state index in [0.29, 0.717) is 0 Å². The third kappa shape index (κ3) is 20.3. The van der Waals surface area contributed by atoms with E-state index in [2.05, 4.69) is 34.9 Å². The van der Waals surface area contributed by atoms with Gasteiger partial charge in [-0.15, -0.1) is 0 Å². The third-order valence-electron chi connectivity index (χ3n) is 5.40. The minimum Gasteiger partial charge on any atom is -1.00 e. The van der Waals surface area contributed by atoms with Gasteiger partial charge in [-0.3, -0.25) is 0 Å². The van der Waals surface area contributed by atoms with E-state index in [0.717, 1.165) is 5.92 Å². The van der Waals surface area contributed by atoms with Gasteiger partial charge in [0, 0.05) is 0 Å². The molecule has 0 aliphatic rings. The van der Waals surface area contributed by atoms with Crippen molar-refractivity contribution < 1.29 is 16.9 Å². The van der Waals surface area contributed by atoms with Crippen LogP contribution in [-0.2, 0) is 0 Å². The van der Waals surface area contributed by atoms with E-state index in [9.17, 15) is 0 Å². The molecule has 0 aliphatic heterocycles. The molecule has 0 heterocycles. The molecule has 0 radical (unpaired) electrons. The van der Waals surface area contributed by atoms with E-state index in [1.54, 1.807) is 0 Å². The first-order chi connectivity index (χ1) is 11.0. The summed E-state index contributed by atoms with van der Waals surface area (Å²) in [6.07, 6.45) is 20.5. The van der Waals surface area contributed by atoms with Crippen LogP contribution in [0.2, 0.25) is 0 Å². The quantitative estimate of drug-likeness (QED) is 0.269. The van der Waals surface area contributed by atoms with E-state index < -0.39 is 0 Å². The molecule has 0 fully saturated rings. The van der Waals surface area contributed by atoms with E-state index >= 15 is 0 Å². The molecule has 0 N–H and O–H groups in total. The molecule has 2 heteroatoms. The highest BCUT2D eigenvalue weighted by Gasteiger charge is 2.09. The molecule has 0 saturated carbocycles. The summed E-state index contributed by atoms with van der Waals surface area (Å²) in [5.41, 5.74) is 0.